The van der Waals surface area contributed by atoms with Gasteiger partial charge in [-0.1, -0.05) is 13.0 Å². The second-order valence-electron chi connectivity index (χ2n) is 8.39. The lowest BCUT2D eigenvalue weighted by atomic mass is 9.79. The van der Waals surface area contributed by atoms with Gasteiger partial charge in [0.2, 0.25) is 5.91 Å². The average molecular weight is 461 g/mol. The number of imidazole rings is 1. The van der Waals surface area contributed by atoms with Crippen molar-refractivity contribution in [2.75, 3.05) is 6.54 Å². The number of hydrogen-bond donors (Lipinski definition) is 3. The number of nitrogens with zero attached hydrogens (tertiary/aromatic N) is 3. The molecule has 0 saturated carbocycles. The molecule has 0 unspecified atom stereocenters. The molecule has 0 bridgehead atoms. The number of β-lactam (4-membered cyclic amide) rings is 1. The van der Waals surface area contributed by atoms with Gasteiger partial charge in [-0.2, -0.15) is 0 Å². The Labute approximate surface area is 187 Å². The van der Waals surface area contributed by atoms with Gasteiger partial charge in [0, 0.05) is 39.7 Å². The summed E-state index contributed by atoms with van der Waals surface area (Å²) in [5.41, 5.74) is 0.103. The third-order valence-corrected chi connectivity index (χ3v) is 8.86. The first-order chi connectivity index (χ1) is 14.8. The predicted octanol–water partition coefficient (Wildman–Crippen LogP) is 2.03. The largest absolute Gasteiger partial charge is 0.477 e. The minimum atomic E-state index is -1.07. The van der Waals surface area contributed by atoms with Gasteiger partial charge in [-0.25, -0.2) is 9.78 Å². The number of hydrogen-bond acceptors (Lipinski definition) is 7. The van der Waals surface area contributed by atoms with E-state index in [0.717, 1.165) is 27.6 Å². The van der Waals surface area contributed by atoms with E-state index in [0.29, 0.717) is 0 Å². The zero-order valence-corrected chi connectivity index (χ0v) is 18.8. The molecule has 10 heteroatoms. The Balaban J connectivity index is 1.27. The van der Waals surface area contributed by atoms with E-state index in [2.05, 4.69) is 28.6 Å². The molecule has 3 N–H and O–H groups in total. The van der Waals surface area contributed by atoms with Crippen LogP contribution in [-0.2, 0) is 9.59 Å². The molecule has 5 rings (SSSR count). The van der Waals surface area contributed by atoms with Crippen molar-refractivity contribution in [2.45, 2.75) is 43.7 Å². The monoisotopic (exact) mass is 460 g/mol. The van der Waals surface area contributed by atoms with E-state index in [4.69, 9.17) is 0 Å². The maximum absolute atomic E-state index is 12.5. The number of aliphatic hydroxyl groups excluding tert-OH is 1. The Morgan fingerprint density at radius 3 is 3.00 bits per heavy atom. The highest BCUT2D eigenvalue weighted by atomic mass is 32.2. The number of thiazole rings is 1. The molecule has 5 heterocycles. The summed E-state index contributed by atoms with van der Waals surface area (Å²) in [5.74, 6) is -1.97. The second-order valence-corrected chi connectivity index (χ2v) is 10.8. The Hall–Kier alpha value is -2.14. The van der Waals surface area contributed by atoms with Crippen LogP contribution >= 0.6 is 23.1 Å². The fraction of sp³-hybridized carbons (Fsp3) is 0.476. The number of carboxylic acid groups (broad SMARTS) is 1. The molecule has 3 aliphatic rings. The van der Waals surface area contributed by atoms with Crippen LogP contribution in [-0.4, -0.2) is 66.4 Å². The molecule has 2 aromatic rings. The molecule has 3 aliphatic heterocycles. The van der Waals surface area contributed by atoms with Crippen molar-refractivity contribution in [2.24, 2.45) is 11.8 Å². The van der Waals surface area contributed by atoms with Crippen molar-refractivity contribution < 1.29 is 19.8 Å². The topological polar surface area (TPSA) is 107 Å². The quantitative estimate of drug-likeness (QED) is 0.566. The third kappa shape index (κ3) is 3.42. The molecule has 2 fully saturated rings. The second kappa shape index (κ2) is 7.77. The molecule has 1 amide bonds. The molecule has 6 atom stereocenters. The zero-order valence-electron chi connectivity index (χ0n) is 17.1. The molecule has 0 radical (unpaired) electrons. The molecule has 164 valence electrons. The van der Waals surface area contributed by atoms with E-state index in [9.17, 15) is 19.8 Å². The van der Waals surface area contributed by atoms with Crippen molar-refractivity contribution >= 4 is 45.9 Å². The van der Waals surface area contributed by atoms with Gasteiger partial charge in [0.25, 0.3) is 0 Å². The van der Waals surface area contributed by atoms with Gasteiger partial charge in [0.15, 0.2) is 0 Å². The average Bonchev–Trinajstić information content (AvgIpc) is 3.44. The molecule has 0 aliphatic carbocycles. The Bertz CT molecular complexity index is 1080. The number of carbonyl (C=O) groups is 2. The summed E-state index contributed by atoms with van der Waals surface area (Å²) in [6.07, 6.45) is 10.1. The van der Waals surface area contributed by atoms with Crippen LogP contribution in [0.3, 0.4) is 0 Å². The maximum Gasteiger partial charge on any atom is 0.353 e. The number of nitrogens with one attached hydrogen (secondary N) is 1. The van der Waals surface area contributed by atoms with Gasteiger partial charge in [-0.05, 0) is 19.4 Å². The Morgan fingerprint density at radius 2 is 2.29 bits per heavy atom. The summed E-state index contributed by atoms with van der Waals surface area (Å²) in [6.45, 7) is 4.34. The summed E-state index contributed by atoms with van der Waals surface area (Å²) in [6, 6.07) is -0.0451. The Kier molecular flexibility index (Phi) is 5.20. The first-order valence-corrected chi connectivity index (χ1v) is 12.0. The normalized spacial score (nSPS) is 31.6. The minimum Gasteiger partial charge on any atom is -0.477 e. The highest BCUT2D eigenvalue weighted by Gasteiger charge is 2.60. The van der Waals surface area contributed by atoms with Gasteiger partial charge in [0.05, 0.1) is 30.6 Å². The molecule has 0 aromatic carbocycles. The minimum absolute atomic E-state index is 0.0913. The molecule has 2 saturated heterocycles. The number of amides is 1. The predicted molar refractivity (Wildman–Crippen MR) is 120 cm³/mol. The van der Waals surface area contributed by atoms with E-state index in [1.54, 1.807) is 36.3 Å². The van der Waals surface area contributed by atoms with E-state index in [-0.39, 0.29) is 34.9 Å². The van der Waals surface area contributed by atoms with Crippen molar-refractivity contribution in [3.63, 3.8) is 0 Å². The van der Waals surface area contributed by atoms with E-state index in [1.165, 1.54) is 4.90 Å². The number of fused-ring (bicyclic) bond motifs is 2. The highest BCUT2D eigenvalue weighted by molar-refractivity contribution is 8.03. The maximum atomic E-state index is 12.5. The number of aliphatic hydroxyl groups is 1. The van der Waals surface area contributed by atoms with E-state index in [1.807, 2.05) is 17.5 Å². The highest BCUT2D eigenvalue weighted by Crippen LogP contribution is 2.51. The van der Waals surface area contributed by atoms with Gasteiger partial charge in [-0.15, -0.1) is 23.1 Å². The zero-order chi connectivity index (χ0) is 21.9. The van der Waals surface area contributed by atoms with Crippen LogP contribution in [0.5, 0.6) is 0 Å². The lowest BCUT2D eigenvalue weighted by Gasteiger charge is -2.46. The summed E-state index contributed by atoms with van der Waals surface area (Å²) in [4.78, 5) is 32.9. The standard InChI is InChI=1S/C21H24N4O4S2/c1-10-17-16(11(2)26)20(27)25(17)18(21(28)29)19(10)31-14-5-12(23-6-14)3-4-13-8-24-9-22-7-15(24)30-13/h3-4,7-12,14,16-17,23,26H,5-6H2,1-2H3,(H,28,29)/t10-,11-,12-,14+,16-,17-/m1/s1. The number of carboxylic acids is 1. The first-order valence-electron chi connectivity index (χ1n) is 10.3. The summed E-state index contributed by atoms with van der Waals surface area (Å²) in [7, 11) is 0. The van der Waals surface area contributed by atoms with Crippen LogP contribution in [0.15, 0.2) is 35.4 Å². The SMILES string of the molecule is C[C@@H](O)[C@H]1C(=O)N2C(C(=O)O)=C(S[C@@H]3CN[C@H](C=Cc4cn5cncc5s4)C3)[C@H](C)[C@H]12. The third-order valence-electron chi connectivity index (χ3n) is 6.34. The van der Waals surface area contributed by atoms with Gasteiger partial charge in [0.1, 0.15) is 10.5 Å². The fourth-order valence-corrected chi connectivity index (χ4v) is 7.23. The van der Waals surface area contributed by atoms with Gasteiger partial charge >= 0.3 is 5.97 Å². The molecular weight excluding hydrogens is 436 g/mol. The molecule has 0 spiro atoms. The van der Waals surface area contributed by atoms with Crippen molar-refractivity contribution in [1.29, 1.82) is 0 Å². The number of aliphatic carboxylic acids is 1. The van der Waals surface area contributed by atoms with Crippen LogP contribution < -0.4 is 5.32 Å². The molecular formula is C21H24N4O4S2. The molecule has 8 nitrogen and oxygen atoms in total. The summed E-state index contributed by atoms with van der Waals surface area (Å²) in [5, 5.41) is 23.5. The molecule has 2 aromatic heterocycles. The van der Waals surface area contributed by atoms with Crippen LogP contribution in [0.2, 0.25) is 0 Å². The smallest absolute Gasteiger partial charge is 0.353 e. The number of aromatic nitrogens is 2. The first kappa shape index (κ1) is 20.7. The van der Waals surface area contributed by atoms with E-state index < -0.39 is 18.0 Å². The van der Waals surface area contributed by atoms with Gasteiger partial charge in [-0.3, -0.25) is 9.20 Å². The fourth-order valence-electron chi connectivity index (χ4n) is 4.87. The molecule has 31 heavy (non-hydrogen) atoms. The number of thioether (sulfide) groups is 1. The lowest BCUT2D eigenvalue weighted by Crippen LogP contribution is -2.63. The van der Waals surface area contributed by atoms with Crippen molar-refractivity contribution in [3.8, 4) is 0 Å². The lowest BCUT2D eigenvalue weighted by molar-refractivity contribution is -0.163. The van der Waals surface area contributed by atoms with Crippen LogP contribution in [0.1, 0.15) is 25.1 Å². The summed E-state index contributed by atoms with van der Waals surface area (Å²) >= 11 is 3.25. The van der Waals surface area contributed by atoms with Crippen LogP contribution in [0.25, 0.3) is 10.9 Å². The number of carbonyl (C=O) groups excluding carboxylic acids is 1. The van der Waals surface area contributed by atoms with Crippen LogP contribution in [0.4, 0.5) is 0 Å². The van der Waals surface area contributed by atoms with Crippen molar-refractivity contribution in [1.82, 2.24) is 19.6 Å². The van der Waals surface area contributed by atoms with E-state index >= 15 is 0 Å². The van der Waals surface area contributed by atoms with Crippen LogP contribution in [0, 0.1) is 11.8 Å². The Morgan fingerprint density at radius 1 is 1.48 bits per heavy atom. The van der Waals surface area contributed by atoms with Gasteiger partial charge < -0.3 is 20.4 Å². The van der Waals surface area contributed by atoms with Crippen molar-refractivity contribution in [3.05, 3.63) is 40.3 Å². The summed E-state index contributed by atoms with van der Waals surface area (Å²) < 4.78 is 2.00. The number of rotatable bonds is 6.